The van der Waals surface area contributed by atoms with E-state index in [1.807, 2.05) is 0 Å². The number of nitrogens with one attached hydrogen (secondary N) is 1. The zero-order valence-electron chi connectivity index (χ0n) is 12.7. The summed E-state index contributed by atoms with van der Waals surface area (Å²) in [7, 11) is -2.38. The molecular weight excluding hydrogens is 324 g/mol. The van der Waals surface area contributed by atoms with Gasteiger partial charge >= 0.3 is 5.97 Å². The van der Waals surface area contributed by atoms with Crippen molar-refractivity contribution in [2.24, 2.45) is 0 Å². The van der Waals surface area contributed by atoms with Gasteiger partial charge in [0.25, 0.3) is 0 Å². The Balaban J connectivity index is 2.28. The van der Waals surface area contributed by atoms with Gasteiger partial charge < -0.3 is 14.4 Å². The third-order valence-corrected chi connectivity index (χ3v) is 4.75. The van der Waals surface area contributed by atoms with Crippen LogP contribution in [0.25, 0.3) is 0 Å². The van der Waals surface area contributed by atoms with Gasteiger partial charge in [0.05, 0.1) is 23.7 Å². The Hall–Kier alpha value is -2.39. The standard InChI is InChI=1S/C14H16N2O6S/c1-8-12(14(17)18)13(22-15-8)9(2)16-23(19,20)11-6-4-10(21-3)5-7-11/h4-7,9,16H,1-3H3,(H,17,18)/t9-/m1/s1. The predicted molar refractivity (Wildman–Crippen MR) is 79.9 cm³/mol. The van der Waals surface area contributed by atoms with Crippen LogP contribution >= 0.6 is 0 Å². The number of nitrogens with zero attached hydrogens (tertiary/aromatic N) is 1. The topological polar surface area (TPSA) is 119 Å². The van der Waals surface area contributed by atoms with Gasteiger partial charge in [0.15, 0.2) is 5.76 Å². The van der Waals surface area contributed by atoms with Crippen LogP contribution in [0, 0.1) is 6.92 Å². The molecule has 9 heteroatoms. The second-order valence-electron chi connectivity index (χ2n) is 4.83. The van der Waals surface area contributed by atoms with Gasteiger partial charge in [-0.25, -0.2) is 17.9 Å². The van der Waals surface area contributed by atoms with Gasteiger partial charge in [0.2, 0.25) is 10.0 Å². The van der Waals surface area contributed by atoms with Crippen molar-refractivity contribution < 1.29 is 27.6 Å². The van der Waals surface area contributed by atoms with E-state index < -0.39 is 22.0 Å². The van der Waals surface area contributed by atoms with E-state index in [9.17, 15) is 13.2 Å². The van der Waals surface area contributed by atoms with Crippen LogP contribution in [-0.4, -0.2) is 31.8 Å². The Morgan fingerprint density at radius 2 is 1.96 bits per heavy atom. The van der Waals surface area contributed by atoms with Gasteiger partial charge in [-0.1, -0.05) is 5.16 Å². The first-order valence-corrected chi connectivity index (χ1v) is 8.10. The van der Waals surface area contributed by atoms with Crippen LogP contribution in [0.15, 0.2) is 33.7 Å². The number of carbonyl (C=O) groups is 1. The minimum absolute atomic E-state index is 0.0262. The van der Waals surface area contributed by atoms with Crippen LogP contribution in [-0.2, 0) is 10.0 Å². The first kappa shape index (κ1) is 17.0. The fourth-order valence-electron chi connectivity index (χ4n) is 2.05. The van der Waals surface area contributed by atoms with E-state index in [-0.39, 0.29) is 21.9 Å². The molecule has 23 heavy (non-hydrogen) atoms. The molecule has 0 saturated heterocycles. The van der Waals surface area contributed by atoms with Crippen LogP contribution in [0.4, 0.5) is 0 Å². The molecule has 2 aromatic rings. The fraction of sp³-hybridized carbons (Fsp3) is 0.286. The second kappa shape index (κ2) is 6.39. The Morgan fingerprint density at radius 3 is 2.48 bits per heavy atom. The van der Waals surface area contributed by atoms with E-state index in [0.29, 0.717) is 5.75 Å². The SMILES string of the molecule is COc1ccc(S(=O)(=O)N[C@H](C)c2onc(C)c2C(=O)O)cc1. The Bertz CT molecular complexity index is 810. The van der Waals surface area contributed by atoms with Gasteiger partial charge in [0.1, 0.15) is 11.3 Å². The molecule has 1 atom stereocenters. The molecule has 1 aromatic carbocycles. The number of ether oxygens (including phenoxy) is 1. The quantitative estimate of drug-likeness (QED) is 0.822. The number of hydrogen-bond acceptors (Lipinski definition) is 6. The summed E-state index contributed by atoms with van der Waals surface area (Å²) in [6.45, 7) is 2.95. The maximum atomic E-state index is 12.3. The zero-order valence-corrected chi connectivity index (χ0v) is 13.5. The molecule has 0 saturated carbocycles. The summed E-state index contributed by atoms with van der Waals surface area (Å²) in [5.74, 6) is -0.752. The summed E-state index contributed by atoms with van der Waals surface area (Å²) in [4.78, 5) is 11.2. The molecule has 124 valence electrons. The van der Waals surface area contributed by atoms with Crippen molar-refractivity contribution in [1.82, 2.24) is 9.88 Å². The number of rotatable bonds is 6. The lowest BCUT2D eigenvalue weighted by molar-refractivity contribution is 0.0692. The molecule has 0 spiro atoms. The Morgan fingerprint density at radius 1 is 1.35 bits per heavy atom. The van der Waals surface area contributed by atoms with Gasteiger partial charge in [-0.3, -0.25) is 0 Å². The molecule has 2 N–H and O–H groups in total. The molecule has 2 rings (SSSR count). The van der Waals surface area contributed by atoms with Crippen LogP contribution in [0.3, 0.4) is 0 Å². The number of sulfonamides is 1. The van der Waals surface area contributed by atoms with Gasteiger partial charge in [-0.15, -0.1) is 0 Å². The van der Waals surface area contributed by atoms with E-state index in [1.165, 1.54) is 45.2 Å². The Kier molecular flexibility index (Phi) is 4.71. The second-order valence-corrected chi connectivity index (χ2v) is 6.54. The van der Waals surface area contributed by atoms with Crippen molar-refractivity contribution >= 4 is 16.0 Å². The molecule has 0 bridgehead atoms. The third kappa shape index (κ3) is 3.51. The zero-order chi connectivity index (χ0) is 17.2. The van der Waals surface area contributed by atoms with Gasteiger partial charge in [0, 0.05) is 0 Å². The number of methoxy groups -OCH3 is 1. The summed E-state index contributed by atoms with van der Waals surface area (Å²) in [6, 6.07) is 4.91. The van der Waals surface area contributed by atoms with Gasteiger partial charge in [-0.2, -0.15) is 0 Å². The lowest BCUT2D eigenvalue weighted by Gasteiger charge is -2.12. The lowest BCUT2D eigenvalue weighted by atomic mass is 10.1. The summed E-state index contributed by atoms with van der Waals surface area (Å²) in [6.07, 6.45) is 0. The van der Waals surface area contributed by atoms with Crippen molar-refractivity contribution in [2.75, 3.05) is 7.11 Å². The fourth-order valence-corrected chi connectivity index (χ4v) is 3.26. The van der Waals surface area contributed by atoms with Gasteiger partial charge in [-0.05, 0) is 38.1 Å². The highest BCUT2D eigenvalue weighted by atomic mass is 32.2. The van der Waals surface area contributed by atoms with Crippen LogP contribution in [0.5, 0.6) is 5.75 Å². The van der Waals surface area contributed by atoms with Crippen molar-refractivity contribution in [3.05, 3.63) is 41.3 Å². The summed E-state index contributed by atoms with van der Waals surface area (Å²) in [5, 5.41) is 12.7. The van der Waals surface area contributed by atoms with E-state index in [1.54, 1.807) is 0 Å². The maximum absolute atomic E-state index is 12.3. The highest BCUT2D eigenvalue weighted by molar-refractivity contribution is 7.89. The number of carboxylic acid groups (broad SMARTS) is 1. The van der Waals surface area contributed by atoms with E-state index in [0.717, 1.165) is 0 Å². The highest BCUT2D eigenvalue weighted by Crippen LogP contribution is 2.23. The Labute approximate surface area is 133 Å². The van der Waals surface area contributed by atoms with Crippen LogP contribution in [0.1, 0.15) is 34.8 Å². The maximum Gasteiger partial charge on any atom is 0.341 e. The number of carboxylic acids is 1. The third-order valence-electron chi connectivity index (χ3n) is 3.20. The first-order valence-electron chi connectivity index (χ1n) is 6.62. The number of hydrogen-bond donors (Lipinski definition) is 2. The molecule has 0 radical (unpaired) electrons. The van der Waals surface area contributed by atoms with Crippen LogP contribution < -0.4 is 9.46 Å². The monoisotopic (exact) mass is 340 g/mol. The molecule has 8 nitrogen and oxygen atoms in total. The molecule has 0 aliphatic heterocycles. The molecule has 0 aliphatic rings. The molecular formula is C14H16N2O6S. The van der Waals surface area contributed by atoms with Crippen molar-refractivity contribution in [3.8, 4) is 5.75 Å². The molecule has 1 heterocycles. The number of aromatic carboxylic acids is 1. The lowest BCUT2D eigenvalue weighted by Crippen LogP contribution is -2.27. The highest BCUT2D eigenvalue weighted by Gasteiger charge is 2.27. The van der Waals surface area contributed by atoms with E-state index >= 15 is 0 Å². The summed E-state index contributed by atoms with van der Waals surface area (Å²) >= 11 is 0. The number of aromatic nitrogens is 1. The number of aryl methyl sites for hydroxylation is 1. The van der Waals surface area contributed by atoms with Crippen LogP contribution in [0.2, 0.25) is 0 Å². The minimum Gasteiger partial charge on any atom is -0.497 e. The normalized spacial score (nSPS) is 12.8. The average Bonchev–Trinajstić information content (AvgIpc) is 2.89. The van der Waals surface area contributed by atoms with Crippen molar-refractivity contribution in [1.29, 1.82) is 0 Å². The van der Waals surface area contributed by atoms with E-state index in [4.69, 9.17) is 14.4 Å². The molecule has 0 unspecified atom stereocenters. The molecule has 0 fully saturated rings. The predicted octanol–water partition coefficient (Wildman–Crippen LogP) is 1.73. The molecule has 1 aromatic heterocycles. The minimum atomic E-state index is -3.85. The number of benzene rings is 1. The summed E-state index contributed by atoms with van der Waals surface area (Å²) in [5.41, 5.74) is 0.0397. The van der Waals surface area contributed by atoms with E-state index in [2.05, 4.69) is 9.88 Å². The van der Waals surface area contributed by atoms with Crippen molar-refractivity contribution in [2.45, 2.75) is 24.8 Å². The first-order chi connectivity index (χ1) is 10.8. The average molecular weight is 340 g/mol. The largest absolute Gasteiger partial charge is 0.497 e. The smallest absolute Gasteiger partial charge is 0.341 e. The van der Waals surface area contributed by atoms with Crippen molar-refractivity contribution in [3.63, 3.8) is 0 Å². The molecule has 0 amide bonds. The summed E-state index contributed by atoms with van der Waals surface area (Å²) < 4.78 is 37.0. The molecule has 0 aliphatic carbocycles.